The van der Waals surface area contributed by atoms with Crippen molar-refractivity contribution in [3.63, 3.8) is 0 Å². The van der Waals surface area contributed by atoms with Gasteiger partial charge >= 0.3 is 6.16 Å². The fourth-order valence-corrected chi connectivity index (χ4v) is 0.982. The zero-order valence-electron chi connectivity index (χ0n) is 4.76. The van der Waals surface area contributed by atoms with E-state index >= 15 is 0 Å². The molecule has 0 amide bonds. The summed E-state index contributed by atoms with van der Waals surface area (Å²) in [5, 5.41) is 0. The van der Waals surface area contributed by atoms with Crippen LogP contribution in [0.4, 0.5) is 4.79 Å². The highest BCUT2D eigenvalue weighted by Gasteiger charge is 2.26. The van der Waals surface area contributed by atoms with Gasteiger partial charge in [-0.05, 0) is 6.92 Å². The zero-order chi connectivity index (χ0) is 6.85. The number of cyclic esters (lactones) is 2. The van der Waals surface area contributed by atoms with Gasteiger partial charge in [-0.3, -0.25) is 0 Å². The van der Waals surface area contributed by atoms with Gasteiger partial charge in [-0.1, -0.05) is 15.9 Å². The fourth-order valence-electron chi connectivity index (χ4n) is 0.517. The second kappa shape index (κ2) is 2.39. The Kier molecular flexibility index (Phi) is 1.75. The summed E-state index contributed by atoms with van der Waals surface area (Å²) >= 11 is 3.02. The maximum absolute atomic E-state index is 10.3. The van der Waals surface area contributed by atoms with Gasteiger partial charge in [0.15, 0.2) is 11.9 Å². The number of rotatable bonds is 0. The summed E-state index contributed by atoms with van der Waals surface area (Å²) in [6, 6.07) is 0. The lowest BCUT2D eigenvalue weighted by Gasteiger charge is -1.94. The van der Waals surface area contributed by atoms with Crippen molar-refractivity contribution in [3.05, 3.63) is 10.7 Å². The van der Waals surface area contributed by atoms with E-state index in [1.54, 1.807) is 6.92 Å². The predicted molar refractivity (Wildman–Crippen MR) is 34.0 cm³/mol. The van der Waals surface area contributed by atoms with Gasteiger partial charge < -0.3 is 9.47 Å². The van der Waals surface area contributed by atoms with E-state index in [0.717, 1.165) is 0 Å². The highest BCUT2D eigenvalue weighted by Crippen LogP contribution is 2.18. The first-order chi connectivity index (χ1) is 4.24. The van der Waals surface area contributed by atoms with Gasteiger partial charge in [0.25, 0.3) is 0 Å². The molecule has 0 saturated carbocycles. The average Bonchev–Trinajstić information content (AvgIpc) is 2.10. The SMILES string of the molecule is CC1OC(=O)O/C1=C\Br. The third-order valence-corrected chi connectivity index (χ3v) is 1.43. The van der Waals surface area contributed by atoms with Crippen LogP contribution < -0.4 is 0 Å². The van der Waals surface area contributed by atoms with Crippen LogP contribution in [-0.2, 0) is 9.47 Å². The third-order valence-electron chi connectivity index (χ3n) is 0.982. The second-order valence-electron chi connectivity index (χ2n) is 1.62. The van der Waals surface area contributed by atoms with Gasteiger partial charge in [0.2, 0.25) is 0 Å². The summed E-state index contributed by atoms with van der Waals surface area (Å²) in [4.78, 5) is 11.8. The van der Waals surface area contributed by atoms with Crippen molar-refractivity contribution in [1.29, 1.82) is 0 Å². The van der Waals surface area contributed by atoms with E-state index in [4.69, 9.17) is 0 Å². The van der Waals surface area contributed by atoms with Crippen molar-refractivity contribution < 1.29 is 14.3 Å². The molecule has 0 spiro atoms. The molecule has 3 nitrogen and oxygen atoms in total. The molecule has 0 bridgehead atoms. The first-order valence-corrected chi connectivity index (χ1v) is 3.34. The molecule has 1 heterocycles. The Morgan fingerprint density at radius 2 is 2.44 bits per heavy atom. The molecule has 1 rings (SSSR count). The molecular weight excluding hydrogens is 188 g/mol. The van der Waals surface area contributed by atoms with E-state index in [9.17, 15) is 4.79 Å². The molecule has 50 valence electrons. The molecule has 1 atom stereocenters. The Bertz CT molecular complexity index is 164. The van der Waals surface area contributed by atoms with Crippen LogP contribution in [0.15, 0.2) is 10.7 Å². The molecule has 1 aliphatic rings. The maximum atomic E-state index is 10.3. The average molecular weight is 193 g/mol. The lowest BCUT2D eigenvalue weighted by molar-refractivity contribution is 0.122. The molecule has 0 aromatic rings. The normalized spacial score (nSPS) is 30.2. The van der Waals surface area contributed by atoms with Crippen molar-refractivity contribution in [2.45, 2.75) is 13.0 Å². The number of carbonyl (C=O) groups is 1. The summed E-state index contributed by atoms with van der Waals surface area (Å²) in [7, 11) is 0. The molecule has 1 unspecified atom stereocenters. The lowest BCUT2D eigenvalue weighted by atomic mass is 10.4. The topological polar surface area (TPSA) is 35.5 Å². The van der Waals surface area contributed by atoms with Crippen LogP contribution in [0.25, 0.3) is 0 Å². The van der Waals surface area contributed by atoms with Gasteiger partial charge in [-0.25, -0.2) is 4.79 Å². The molecule has 4 heteroatoms. The summed E-state index contributed by atoms with van der Waals surface area (Å²) < 4.78 is 9.18. The molecule has 0 radical (unpaired) electrons. The molecule has 9 heavy (non-hydrogen) atoms. The van der Waals surface area contributed by atoms with Gasteiger partial charge in [-0.15, -0.1) is 0 Å². The van der Waals surface area contributed by atoms with E-state index < -0.39 is 6.16 Å². The van der Waals surface area contributed by atoms with Crippen LogP contribution >= 0.6 is 15.9 Å². The minimum absolute atomic E-state index is 0.253. The quantitative estimate of drug-likeness (QED) is 0.550. The zero-order valence-corrected chi connectivity index (χ0v) is 6.34. The van der Waals surface area contributed by atoms with Crippen molar-refractivity contribution in [1.82, 2.24) is 0 Å². The van der Waals surface area contributed by atoms with E-state index in [1.165, 1.54) is 4.99 Å². The summed E-state index contributed by atoms with van der Waals surface area (Å²) in [6.07, 6.45) is -0.884. The number of carbonyl (C=O) groups excluding carboxylic acids is 1. The first kappa shape index (κ1) is 6.61. The molecule has 0 aliphatic carbocycles. The molecule has 0 N–H and O–H groups in total. The number of hydrogen-bond acceptors (Lipinski definition) is 3. The standard InChI is InChI=1S/C5H5BrO3/c1-3-4(2-6)9-5(7)8-3/h2-3H,1H3/b4-2-. The molecule has 1 fully saturated rings. The van der Waals surface area contributed by atoms with Gasteiger partial charge in [0, 0.05) is 4.99 Å². The Hall–Kier alpha value is -0.510. The number of ether oxygens (including phenoxy) is 2. The van der Waals surface area contributed by atoms with Gasteiger partial charge in [0.1, 0.15) is 0 Å². The van der Waals surface area contributed by atoms with Crippen LogP contribution in [0.2, 0.25) is 0 Å². The van der Waals surface area contributed by atoms with Crippen molar-refractivity contribution in [3.8, 4) is 0 Å². The van der Waals surface area contributed by atoms with E-state index in [-0.39, 0.29) is 6.10 Å². The summed E-state index contributed by atoms with van der Waals surface area (Å²) in [5.41, 5.74) is 0. The Morgan fingerprint density at radius 3 is 2.67 bits per heavy atom. The Labute approximate surface area is 60.8 Å². The van der Waals surface area contributed by atoms with Crippen LogP contribution in [-0.4, -0.2) is 12.3 Å². The Balaban J connectivity index is 2.69. The number of halogens is 1. The molecule has 0 aromatic heterocycles. The van der Waals surface area contributed by atoms with Crippen LogP contribution in [0.1, 0.15) is 6.92 Å². The van der Waals surface area contributed by atoms with Crippen LogP contribution in [0.5, 0.6) is 0 Å². The molecular formula is C5H5BrO3. The van der Waals surface area contributed by atoms with Gasteiger partial charge in [-0.2, -0.15) is 0 Å². The van der Waals surface area contributed by atoms with E-state index in [1.807, 2.05) is 0 Å². The molecule has 0 aromatic carbocycles. The molecule has 1 aliphatic heterocycles. The second-order valence-corrected chi connectivity index (χ2v) is 2.08. The van der Waals surface area contributed by atoms with E-state index in [0.29, 0.717) is 5.76 Å². The van der Waals surface area contributed by atoms with Crippen molar-refractivity contribution in [2.24, 2.45) is 0 Å². The highest BCUT2D eigenvalue weighted by molar-refractivity contribution is 9.11. The van der Waals surface area contributed by atoms with Crippen molar-refractivity contribution in [2.75, 3.05) is 0 Å². The summed E-state index contributed by atoms with van der Waals surface area (Å²) in [6.45, 7) is 1.73. The van der Waals surface area contributed by atoms with Crippen molar-refractivity contribution >= 4 is 22.1 Å². The van der Waals surface area contributed by atoms with Crippen LogP contribution in [0, 0.1) is 0 Å². The first-order valence-electron chi connectivity index (χ1n) is 2.43. The lowest BCUT2D eigenvalue weighted by Crippen LogP contribution is -1.99. The Morgan fingerprint density at radius 1 is 1.78 bits per heavy atom. The number of hydrogen-bond donors (Lipinski definition) is 0. The smallest absolute Gasteiger partial charge is 0.423 e. The maximum Gasteiger partial charge on any atom is 0.514 e. The monoisotopic (exact) mass is 192 g/mol. The largest absolute Gasteiger partial charge is 0.514 e. The fraction of sp³-hybridized carbons (Fsp3) is 0.400. The summed E-state index contributed by atoms with van der Waals surface area (Å²) in [5.74, 6) is 0.514. The minimum atomic E-state index is -0.631. The third kappa shape index (κ3) is 1.24. The predicted octanol–water partition coefficient (Wildman–Crippen LogP) is 1.78. The van der Waals surface area contributed by atoms with Gasteiger partial charge in [0.05, 0.1) is 0 Å². The minimum Gasteiger partial charge on any atom is -0.423 e. The molecule has 1 saturated heterocycles. The van der Waals surface area contributed by atoms with E-state index in [2.05, 4.69) is 25.4 Å². The highest BCUT2D eigenvalue weighted by atomic mass is 79.9. The van der Waals surface area contributed by atoms with Crippen LogP contribution in [0.3, 0.4) is 0 Å².